The number of allylic oxidation sites excluding steroid dienone is 3. The van der Waals surface area contributed by atoms with Gasteiger partial charge in [0.1, 0.15) is 22.7 Å². The van der Waals surface area contributed by atoms with E-state index in [1.54, 1.807) is 23.5 Å². The highest BCUT2D eigenvalue weighted by atomic mass is 32.1. The number of nitriles is 2. The zero-order chi connectivity index (χ0) is 23.1. The van der Waals surface area contributed by atoms with E-state index in [1.165, 1.54) is 17.0 Å². The number of nitrogens with zero attached hydrogens (tertiary/aromatic N) is 3. The van der Waals surface area contributed by atoms with E-state index in [2.05, 4.69) is 12.1 Å². The average molecular weight is 459 g/mol. The highest BCUT2D eigenvalue weighted by molar-refractivity contribution is 7.16. The first-order valence-electron chi connectivity index (χ1n) is 11.3. The summed E-state index contributed by atoms with van der Waals surface area (Å²) < 4.78 is 13.6. The summed E-state index contributed by atoms with van der Waals surface area (Å²) in [6, 6.07) is 10.5. The molecule has 0 unspecified atom stereocenters. The second-order valence-corrected chi connectivity index (χ2v) is 9.81. The van der Waals surface area contributed by atoms with Crippen molar-refractivity contribution in [2.45, 2.75) is 57.3 Å². The Kier molecular flexibility index (Phi) is 5.52. The van der Waals surface area contributed by atoms with Crippen molar-refractivity contribution >= 4 is 22.1 Å². The van der Waals surface area contributed by atoms with Gasteiger partial charge in [-0.3, -0.25) is 9.69 Å². The van der Waals surface area contributed by atoms with E-state index in [4.69, 9.17) is 5.73 Å². The van der Waals surface area contributed by atoms with Crippen molar-refractivity contribution in [3.05, 3.63) is 74.3 Å². The van der Waals surface area contributed by atoms with Gasteiger partial charge in [0.2, 0.25) is 0 Å². The van der Waals surface area contributed by atoms with E-state index in [0.717, 1.165) is 48.4 Å². The maximum absolute atomic E-state index is 13.6. The lowest BCUT2D eigenvalue weighted by Gasteiger charge is -2.39. The molecule has 2 aliphatic carbocycles. The predicted octanol–water partition coefficient (Wildman–Crippen LogP) is 5.33. The van der Waals surface area contributed by atoms with Crippen LogP contribution in [-0.2, 0) is 17.6 Å². The minimum Gasteiger partial charge on any atom is -0.384 e. The highest BCUT2D eigenvalue weighted by Crippen LogP contribution is 2.49. The predicted molar refractivity (Wildman–Crippen MR) is 125 cm³/mol. The largest absolute Gasteiger partial charge is 0.384 e. The van der Waals surface area contributed by atoms with Crippen molar-refractivity contribution in [3.63, 3.8) is 0 Å². The van der Waals surface area contributed by atoms with E-state index >= 15 is 0 Å². The smallest absolute Gasteiger partial charge is 0.161 e. The number of anilines is 1. The molecule has 1 atom stereocenters. The first kappa shape index (κ1) is 21.4. The Morgan fingerprint density at radius 3 is 2.48 bits per heavy atom. The quantitative estimate of drug-likeness (QED) is 0.614. The van der Waals surface area contributed by atoms with Crippen LogP contribution in [0.3, 0.4) is 0 Å². The molecule has 0 spiro atoms. The van der Waals surface area contributed by atoms with Gasteiger partial charge >= 0.3 is 0 Å². The molecule has 2 aromatic rings. The lowest BCUT2D eigenvalue weighted by atomic mass is 9.75. The summed E-state index contributed by atoms with van der Waals surface area (Å²) >= 11 is 1.56. The molecule has 1 aromatic heterocycles. The number of fused-ring (bicyclic) bond motifs is 1. The highest BCUT2D eigenvalue weighted by Gasteiger charge is 2.41. The van der Waals surface area contributed by atoms with Crippen LogP contribution in [0.15, 0.2) is 46.9 Å². The van der Waals surface area contributed by atoms with Crippen LogP contribution in [0.25, 0.3) is 0 Å². The van der Waals surface area contributed by atoms with Gasteiger partial charge in [-0.2, -0.15) is 10.5 Å². The molecule has 7 heteroatoms. The number of hydrogen-bond acceptors (Lipinski definition) is 6. The molecule has 1 aromatic carbocycles. The van der Waals surface area contributed by atoms with Gasteiger partial charge < -0.3 is 5.73 Å². The molecule has 1 aliphatic heterocycles. The van der Waals surface area contributed by atoms with Crippen LogP contribution in [0, 0.1) is 28.5 Å². The number of Topliss-reactive ketones (excluding diaryl/α,β-unsaturated/α-hetero) is 1. The number of benzene rings is 1. The van der Waals surface area contributed by atoms with Gasteiger partial charge in [-0.15, -0.1) is 11.3 Å². The molecule has 5 nitrogen and oxygen atoms in total. The minimum absolute atomic E-state index is 0.0209. The molecule has 0 saturated carbocycles. The van der Waals surface area contributed by atoms with Crippen LogP contribution < -0.4 is 10.6 Å². The molecular formula is C26H23FN4OS. The molecule has 166 valence electrons. The topological polar surface area (TPSA) is 93.9 Å². The maximum atomic E-state index is 13.6. The summed E-state index contributed by atoms with van der Waals surface area (Å²) in [6.07, 6.45) is 6.79. The third-order valence-corrected chi connectivity index (χ3v) is 8.11. The van der Waals surface area contributed by atoms with E-state index in [1.807, 2.05) is 4.90 Å². The van der Waals surface area contributed by atoms with Gasteiger partial charge in [0.15, 0.2) is 5.78 Å². The molecule has 0 fully saturated rings. The summed E-state index contributed by atoms with van der Waals surface area (Å²) in [6.45, 7) is 0. The molecule has 3 aliphatic rings. The Morgan fingerprint density at radius 2 is 1.76 bits per heavy atom. The lowest BCUT2D eigenvalue weighted by Crippen LogP contribution is -2.38. The second kappa shape index (κ2) is 8.50. The number of halogens is 1. The fraction of sp³-hybridized carbons (Fsp3) is 0.346. The van der Waals surface area contributed by atoms with E-state index < -0.39 is 5.92 Å². The standard InChI is InChI=1S/C26H23FN4OS/c27-16-11-9-15(10-12-16)23-19(14-29)25(30)31(20-6-4-7-21(32)24(20)23)26-18(13-28)17-5-2-1-3-8-22(17)33-26/h9-12,23H,1-8,30H2/t23-/m1/s1. The summed E-state index contributed by atoms with van der Waals surface area (Å²) in [4.78, 5) is 16.2. The number of carbonyl (C=O) groups excluding carboxylic acids is 1. The Morgan fingerprint density at radius 1 is 1.00 bits per heavy atom. The monoisotopic (exact) mass is 458 g/mol. The van der Waals surface area contributed by atoms with Gasteiger partial charge in [0, 0.05) is 22.6 Å². The van der Waals surface area contributed by atoms with Crippen molar-refractivity contribution < 1.29 is 9.18 Å². The maximum Gasteiger partial charge on any atom is 0.161 e. The molecule has 2 heterocycles. The molecule has 0 radical (unpaired) electrons. The number of carbonyl (C=O) groups is 1. The first-order chi connectivity index (χ1) is 16.0. The zero-order valence-electron chi connectivity index (χ0n) is 18.2. The summed E-state index contributed by atoms with van der Waals surface area (Å²) in [7, 11) is 0. The molecule has 0 bridgehead atoms. The molecule has 33 heavy (non-hydrogen) atoms. The summed E-state index contributed by atoms with van der Waals surface area (Å²) in [5.41, 5.74) is 10.6. The van der Waals surface area contributed by atoms with Gasteiger partial charge in [0.25, 0.3) is 0 Å². The van der Waals surface area contributed by atoms with Crippen LogP contribution in [0.1, 0.15) is 66.0 Å². The Bertz CT molecular complexity index is 1290. The number of hydrogen-bond donors (Lipinski definition) is 1. The Balaban J connectivity index is 1.74. The summed E-state index contributed by atoms with van der Waals surface area (Å²) in [5.74, 6) is -0.770. The fourth-order valence-corrected chi connectivity index (χ4v) is 6.69. The van der Waals surface area contributed by atoms with Crippen molar-refractivity contribution in [1.29, 1.82) is 10.5 Å². The summed E-state index contributed by atoms with van der Waals surface area (Å²) in [5, 5.41) is 20.9. The first-order valence-corrected chi connectivity index (χ1v) is 12.1. The fourth-order valence-electron chi connectivity index (χ4n) is 5.31. The van der Waals surface area contributed by atoms with E-state index in [-0.39, 0.29) is 23.0 Å². The Hall–Kier alpha value is -3.42. The van der Waals surface area contributed by atoms with Crippen molar-refractivity contribution in [1.82, 2.24) is 0 Å². The third-order valence-electron chi connectivity index (χ3n) is 6.83. The van der Waals surface area contributed by atoms with Crippen molar-refractivity contribution in [3.8, 4) is 12.1 Å². The van der Waals surface area contributed by atoms with E-state index in [9.17, 15) is 19.7 Å². The average Bonchev–Trinajstić information content (AvgIpc) is 2.99. The number of rotatable bonds is 2. The Labute approximate surface area is 196 Å². The SMILES string of the molecule is N#CC1=C(N)N(c2sc3c(c2C#N)CCCCC3)C2=C(C(=O)CCC2)[C@@H]1c1ccc(F)cc1. The number of aryl methyl sites for hydroxylation is 1. The van der Waals surface area contributed by atoms with Crippen LogP contribution >= 0.6 is 11.3 Å². The van der Waals surface area contributed by atoms with Gasteiger partial charge in [-0.1, -0.05) is 18.6 Å². The second-order valence-electron chi connectivity index (χ2n) is 8.72. The van der Waals surface area contributed by atoms with Crippen molar-refractivity contribution in [2.24, 2.45) is 5.73 Å². The van der Waals surface area contributed by atoms with Crippen LogP contribution in [0.2, 0.25) is 0 Å². The molecule has 5 rings (SSSR count). The van der Waals surface area contributed by atoms with E-state index in [0.29, 0.717) is 36.0 Å². The lowest BCUT2D eigenvalue weighted by molar-refractivity contribution is -0.116. The molecule has 2 N–H and O–H groups in total. The molecular weight excluding hydrogens is 435 g/mol. The zero-order valence-corrected chi connectivity index (χ0v) is 19.0. The minimum atomic E-state index is -0.627. The van der Waals surface area contributed by atoms with Crippen LogP contribution in [-0.4, -0.2) is 5.78 Å². The van der Waals surface area contributed by atoms with Gasteiger partial charge in [-0.25, -0.2) is 4.39 Å². The normalized spacial score (nSPS) is 20.6. The van der Waals surface area contributed by atoms with Crippen molar-refractivity contribution in [2.75, 3.05) is 4.90 Å². The third kappa shape index (κ3) is 3.44. The van der Waals surface area contributed by atoms with Gasteiger partial charge in [-0.05, 0) is 61.8 Å². The van der Waals surface area contributed by atoms with Gasteiger partial charge in [0.05, 0.1) is 23.1 Å². The van der Waals surface area contributed by atoms with Crippen LogP contribution in [0.4, 0.5) is 9.39 Å². The van der Waals surface area contributed by atoms with Crippen LogP contribution in [0.5, 0.6) is 0 Å². The molecule has 0 amide bonds. The number of ketones is 1. The number of nitrogens with two attached hydrogens (primary N) is 1. The number of thiophene rings is 1. The molecule has 0 saturated heterocycles.